The molecule has 0 N–H and O–H groups in total. The van der Waals surface area contributed by atoms with E-state index >= 15 is 0 Å². The van der Waals surface area contributed by atoms with Gasteiger partial charge in [-0.3, -0.25) is 0 Å². The molecule has 1 saturated carbocycles. The Bertz CT molecular complexity index is 704. The number of aromatic nitrogens is 4. The molecule has 1 aliphatic heterocycles. The summed E-state index contributed by atoms with van der Waals surface area (Å²) in [7, 11) is 2.11. The van der Waals surface area contributed by atoms with Gasteiger partial charge in [-0.2, -0.15) is 5.10 Å². The van der Waals surface area contributed by atoms with E-state index in [1.807, 2.05) is 12.3 Å². The van der Waals surface area contributed by atoms with Crippen LogP contribution >= 0.6 is 0 Å². The molecule has 6 nitrogen and oxygen atoms in total. The molecule has 0 amide bonds. The topological polar surface area (TPSA) is 58.0 Å². The fourth-order valence-corrected chi connectivity index (χ4v) is 3.01. The van der Waals surface area contributed by atoms with Crippen LogP contribution in [0, 0.1) is 0 Å². The summed E-state index contributed by atoms with van der Waals surface area (Å²) in [4.78, 5) is 13.5. The van der Waals surface area contributed by atoms with E-state index in [1.54, 1.807) is 0 Å². The van der Waals surface area contributed by atoms with Gasteiger partial charge < -0.3 is 9.80 Å². The van der Waals surface area contributed by atoms with E-state index in [1.165, 1.54) is 12.8 Å². The number of hydrogen-bond donors (Lipinski definition) is 0. The first-order valence-electron chi connectivity index (χ1n) is 8.76. The van der Waals surface area contributed by atoms with E-state index in [0.717, 1.165) is 36.2 Å². The number of rotatable bonds is 5. The van der Waals surface area contributed by atoms with Gasteiger partial charge in [0.15, 0.2) is 5.82 Å². The zero-order chi connectivity index (χ0) is 16.7. The maximum absolute atomic E-state index is 4.68. The summed E-state index contributed by atoms with van der Waals surface area (Å²) in [6, 6.07) is 6.68. The van der Waals surface area contributed by atoms with E-state index in [9.17, 15) is 0 Å². The van der Waals surface area contributed by atoms with Gasteiger partial charge in [0.1, 0.15) is 11.6 Å². The van der Waals surface area contributed by atoms with Gasteiger partial charge in [-0.15, -0.1) is 5.10 Å². The van der Waals surface area contributed by atoms with Crippen LogP contribution in [0.3, 0.4) is 0 Å². The van der Waals surface area contributed by atoms with Crippen LogP contribution in [0.4, 0.5) is 11.6 Å². The molecule has 0 atom stereocenters. The van der Waals surface area contributed by atoms with E-state index in [2.05, 4.69) is 63.0 Å². The van der Waals surface area contributed by atoms with Gasteiger partial charge in [0, 0.05) is 38.2 Å². The Kier molecular flexibility index (Phi) is 3.82. The molecule has 1 aliphatic carbocycles. The minimum atomic E-state index is 0.344. The van der Waals surface area contributed by atoms with Crippen molar-refractivity contribution in [2.45, 2.75) is 44.6 Å². The lowest BCUT2D eigenvalue weighted by Crippen LogP contribution is -2.59. The van der Waals surface area contributed by atoms with Gasteiger partial charge in [-0.1, -0.05) is 13.8 Å². The molecule has 4 rings (SSSR count). The van der Waals surface area contributed by atoms with Crippen molar-refractivity contribution in [1.29, 1.82) is 0 Å². The van der Waals surface area contributed by atoms with E-state index in [0.29, 0.717) is 17.9 Å². The lowest BCUT2D eigenvalue weighted by atomic mass is 10.1. The molecule has 0 aromatic carbocycles. The summed E-state index contributed by atoms with van der Waals surface area (Å²) in [5.74, 6) is 3.88. The van der Waals surface area contributed by atoms with Crippen molar-refractivity contribution in [3.8, 4) is 0 Å². The normalized spacial score (nSPS) is 17.9. The molecule has 0 spiro atoms. The third-order valence-corrected chi connectivity index (χ3v) is 4.94. The van der Waals surface area contributed by atoms with Gasteiger partial charge >= 0.3 is 0 Å². The quantitative estimate of drug-likeness (QED) is 0.842. The van der Waals surface area contributed by atoms with Crippen LogP contribution in [0.15, 0.2) is 24.4 Å². The number of hydrogen-bond acceptors (Lipinski definition) is 6. The highest BCUT2D eigenvalue weighted by Crippen LogP contribution is 2.39. The third kappa shape index (κ3) is 2.92. The summed E-state index contributed by atoms with van der Waals surface area (Å²) < 4.78 is 0. The lowest BCUT2D eigenvalue weighted by molar-refractivity contribution is 0.486. The largest absolute Gasteiger partial charge is 0.353 e. The van der Waals surface area contributed by atoms with Crippen LogP contribution in [-0.4, -0.2) is 46.3 Å². The van der Waals surface area contributed by atoms with Crippen LogP contribution in [-0.2, 0) is 0 Å². The average molecular weight is 324 g/mol. The molecular weight excluding hydrogens is 300 g/mol. The third-order valence-electron chi connectivity index (χ3n) is 4.94. The summed E-state index contributed by atoms with van der Waals surface area (Å²) in [6.45, 7) is 6.15. The predicted molar refractivity (Wildman–Crippen MR) is 94.5 cm³/mol. The lowest BCUT2D eigenvalue weighted by Gasteiger charge is -2.44. The van der Waals surface area contributed by atoms with Gasteiger partial charge in [0.2, 0.25) is 0 Å². The Labute approximate surface area is 142 Å². The fraction of sp³-hybridized carbons (Fsp3) is 0.556. The van der Waals surface area contributed by atoms with Crippen LogP contribution in [0.25, 0.3) is 0 Å². The molecule has 0 unspecified atom stereocenters. The maximum Gasteiger partial charge on any atom is 0.151 e. The van der Waals surface area contributed by atoms with Crippen LogP contribution in [0.1, 0.15) is 50.0 Å². The summed E-state index contributed by atoms with van der Waals surface area (Å²) in [5, 5.41) is 8.77. The van der Waals surface area contributed by atoms with E-state index in [-0.39, 0.29) is 0 Å². The summed E-state index contributed by atoms with van der Waals surface area (Å²) in [5.41, 5.74) is 1.15. The van der Waals surface area contributed by atoms with Gasteiger partial charge in [0.25, 0.3) is 0 Å². The predicted octanol–water partition coefficient (Wildman–Crippen LogP) is 2.59. The second-order valence-electron chi connectivity index (χ2n) is 7.19. The zero-order valence-electron chi connectivity index (χ0n) is 14.6. The van der Waals surface area contributed by atoms with Gasteiger partial charge in [-0.05, 0) is 31.0 Å². The van der Waals surface area contributed by atoms with Crippen LogP contribution in [0.5, 0.6) is 0 Å². The summed E-state index contributed by atoms with van der Waals surface area (Å²) >= 11 is 0. The molecule has 6 heteroatoms. The van der Waals surface area contributed by atoms with Gasteiger partial charge in [0.05, 0.1) is 11.7 Å². The number of nitrogens with zero attached hydrogens (tertiary/aromatic N) is 6. The molecule has 2 aliphatic rings. The van der Waals surface area contributed by atoms with Crippen molar-refractivity contribution < 1.29 is 0 Å². The van der Waals surface area contributed by atoms with E-state index < -0.39 is 0 Å². The Morgan fingerprint density at radius 2 is 1.92 bits per heavy atom. The van der Waals surface area contributed by atoms with Crippen molar-refractivity contribution in [2.75, 3.05) is 29.9 Å². The van der Waals surface area contributed by atoms with E-state index in [4.69, 9.17) is 0 Å². The highest BCUT2D eigenvalue weighted by atomic mass is 15.4. The highest BCUT2D eigenvalue weighted by molar-refractivity contribution is 5.47. The highest BCUT2D eigenvalue weighted by Gasteiger charge is 2.32. The standard InChI is InChI=1S/C18H24N6/c1-12(2)18-19-9-8-16(20-18)23(3)14-10-24(11-14)17-7-6-15(21-22-17)13-4-5-13/h6-9,12-14H,4-5,10-11H2,1-3H3. The minimum absolute atomic E-state index is 0.344. The Balaban J connectivity index is 1.38. The number of likely N-dealkylation sites (N-methyl/N-ethyl adjacent to an activating group) is 1. The zero-order valence-corrected chi connectivity index (χ0v) is 14.6. The first-order valence-corrected chi connectivity index (χ1v) is 8.76. The molecule has 24 heavy (non-hydrogen) atoms. The van der Waals surface area contributed by atoms with Crippen LogP contribution in [0.2, 0.25) is 0 Å². The smallest absolute Gasteiger partial charge is 0.151 e. The molecule has 2 aromatic rings. The van der Waals surface area contributed by atoms with Crippen molar-refractivity contribution in [2.24, 2.45) is 0 Å². The first kappa shape index (κ1) is 15.3. The molecule has 126 valence electrons. The molecule has 1 saturated heterocycles. The molecular formula is C18H24N6. The van der Waals surface area contributed by atoms with Crippen molar-refractivity contribution >= 4 is 11.6 Å². The van der Waals surface area contributed by atoms with Crippen molar-refractivity contribution in [3.05, 3.63) is 35.9 Å². The van der Waals surface area contributed by atoms with Crippen molar-refractivity contribution in [3.63, 3.8) is 0 Å². The molecule has 0 bridgehead atoms. The van der Waals surface area contributed by atoms with Crippen LogP contribution < -0.4 is 9.80 Å². The second kappa shape index (κ2) is 6.00. The molecule has 2 fully saturated rings. The first-order chi connectivity index (χ1) is 11.6. The Morgan fingerprint density at radius 3 is 2.54 bits per heavy atom. The fourth-order valence-electron chi connectivity index (χ4n) is 3.01. The Hall–Kier alpha value is -2.24. The number of anilines is 2. The SMILES string of the molecule is CC(C)c1nccc(N(C)C2CN(c3ccc(C4CC4)nn3)C2)n1. The Morgan fingerprint density at radius 1 is 1.12 bits per heavy atom. The average Bonchev–Trinajstić information content (AvgIpc) is 3.39. The molecule has 2 aromatic heterocycles. The second-order valence-corrected chi connectivity index (χ2v) is 7.19. The maximum atomic E-state index is 4.68. The molecule has 3 heterocycles. The summed E-state index contributed by atoms with van der Waals surface area (Å²) in [6.07, 6.45) is 4.39. The monoisotopic (exact) mass is 324 g/mol. The van der Waals surface area contributed by atoms with Gasteiger partial charge in [-0.25, -0.2) is 9.97 Å². The molecule has 0 radical (unpaired) electrons. The minimum Gasteiger partial charge on any atom is -0.353 e. The van der Waals surface area contributed by atoms with Crippen molar-refractivity contribution in [1.82, 2.24) is 20.2 Å².